The number of carbonyl (C=O) groups is 1. The summed E-state index contributed by atoms with van der Waals surface area (Å²) in [7, 11) is 0. The smallest absolute Gasteiger partial charge is 0.293 e. The average molecular weight is 449 g/mol. The van der Waals surface area contributed by atoms with Crippen LogP contribution in [0.3, 0.4) is 0 Å². The largest absolute Gasteiger partial charge is 0.370 e. The maximum atomic E-state index is 13.2. The fraction of sp³-hybridized carbons (Fsp3) is 0.286. The zero-order valence-electron chi connectivity index (χ0n) is 16.2. The molecule has 0 spiro atoms. The predicted molar refractivity (Wildman–Crippen MR) is 112 cm³/mol. The van der Waals surface area contributed by atoms with Crippen LogP contribution >= 0.6 is 23.2 Å². The van der Waals surface area contributed by atoms with Gasteiger partial charge in [0.1, 0.15) is 23.4 Å². The number of rotatable bonds is 4. The molecular weight excluding hydrogens is 430 g/mol. The fourth-order valence-electron chi connectivity index (χ4n) is 3.39. The zero-order chi connectivity index (χ0) is 21.3. The lowest BCUT2D eigenvalue weighted by Gasteiger charge is -2.32. The lowest BCUT2D eigenvalue weighted by Crippen LogP contribution is -2.42. The number of para-hydroxylation sites is 1. The number of benzene rings is 2. The Labute approximate surface area is 183 Å². The molecule has 1 atom stereocenters. The summed E-state index contributed by atoms with van der Waals surface area (Å²) in [6.45, 7) is 3.02. The minimum absolute atomic E-state index is 0.0718. The quantitative estimate of drug-likeness (QED) is 0.589. The van der Waals surface area contributed by atoms with Gasteiger partial charge < -0.3 is 9.64 Å². The van der Waals surface area contributed by atoms with Gasteiger partial charge in [-0.15, -0.1) is 5.10 Å². The minimum Gasteiger partial charge on any atom is -0.370 e. The van der Waals surface area contributed by atoms with E-state index >= 15 is 0 Å². The molecule has 0 saturated carbocycles. The Balaban J connectivity index is 1.60. The van der Waals surface area contributed by atoms with Gasteiger partial charge in [0.25, 0.3) is 5.91 Å². The Kier molecular flexibility index (Phi) is 6.04. The summed E-state index contributed by atoms with van der Waals surface area (Å²) in [5.41, 5.74) is 1.31. The second-order valence-corrected chi connectivity index (χ2v) is 7.66. The van der Waals surface area contributed by atoms with Crippen molar-refractivity contribution < 1.29 is 13.9 Å². The number of hydrogen-bond donors (Lipinski definition) is 0. The van der Waals surface area contributed by atoms with Crippen molar-refractivity contribution in [1.82, 2.24) is 19.7 Å². The Bertz CT molecular complexity index is 1050. The highest BCUT2D eigenvalue weighted by Gasteiger charge is 2.29. The summed E-state index contributed by atoms with van der Waals surface area (Å²) >= 11 is 12.6. The minimum atomic E-state index is -0.339. The molecule has 0 bridgehead atoms. The molecule has 1 amide bonds. The molecule has 156 valence electrons. The van der Waals surface area contributed by atoms with E-state index in [1.165, 1.54) is 16.8 Å². The molecule has 1 aliphatic rings. The van der Waals surface area contributed by atoms with Crippen LogP contribution in [0, 0.1) is 5.82 Å². The molecule has 1 aliphatic heterocycles. The highest BCUT2D eigenvalue weighted by Crippen LogP contribution is 2.29. The molecule has 0 radical (unpaired) electrons. The molecule has 2 heterocycles. The predicted octanol–water partition coefficient (Wildman–Crippen LogP) is 4.49. The second kappa shape index (κ2) is 8.71. The van der Waals surface area contributed by atoms with Gasteiger partial charge in [-0.1, -0.05) is 48.3 Å². The second-order valence-electron chi connectivity index (χ2n) is 6.85. The Hall–Kier alpha value is -2.48. The highest BCUT2D eigenvalue weighted by molar-refractivity contribution is 6.37. The van der Waals surface area contributed by atoms with Crippen molar-refractivity contribution in [3.8, 4) is 5.69 Å². The Morgan fingerprint density at radius 1 is 1.20 bits per heavy atom. The maximum absolute atomic E-state index is 13.2. The molecule has 1 aromatic heterocycles. The molecule has 3 aromatic rings. The lowest BCUT2D eigenvalue weighted by molar-refractivity contribution is -0.0232. The molecule has 0 aliphatic carbocycles. The van der Waals surface area contributed by atoms with Gasteiger partial charge in [-0.3, -0.25) is 4.79 Å². The van der Waals surface area contributed by atoms with E-state index in [2.05, 4.69) is 10.1 Å². The molecular formula is C21H19Cl2FN4O2. The molecule has 1 unspecified atom stereocenters. The number of hydrogen-bond acceptors (Lipinski definition) is 4. The van der Waals surface area contributed by atoms with Gasteiger partial charge in [-0.2, -0.15) is 0 Å². The standard InChI is InChI=1S/C21H19Cl2FN4O2/c1-2-18-25-20(26-28(18)19-15(22)4-3-5-16(19)23)21(29)27-10-11-30-17(12-27)13-6-8-14(24)9-7-13/h3-9,17H,2,10-12H2,1H3. The molecule has 30 heavy (non-hydrogen) atoms. The number of carbonyl (C=O) groups excluding carboxylic acids is 1. The summed E-state index contributed by atoms with van der Waals surface area (Å²) in [5, 5.41) is 5.25. The first kappa shape index (κ1) is 20.8. The monoisotopic (exact) mass is 448 g/mol. The normalized spacial score (nSPS) is 16.7. The maximum Gasteiger partial charge on any atom is 0.293 e. The number of aromatic nitrogens is 3. The van der Waals surface area contributed by atoms with E-state index in [0.717, 1.165) is 5.56 Å². The first-order valence-electron chi connectivity index (χ1n) is 9.54. The third-order valence-electron chi connectivity index (χ3n) is 4.93. The number of nitrogens with zero attached hydrogens (tertiary/aromatic N) is 4. The van der Waals surface area contributed by atoms with Gasteiger partial charge in [-0.05, 0) is 29.8 Å². The fourth-order valence-corrected chi connectivity index (χ4v) is 3.95. The van der Waals surface area contributed by atoms with Gasteiger partial charge in [-0.25, -0.2) is 14.1 Å². The summed E-state index contributed by atoms with van der Waals surface area (Å²) in [6, 6.07) is 11.2. The molecule has 1 saturated heterocycles. The molecule has 0 N–H and O–H groups in total. The summed E-state index contributed by atoms with van der Waals surface area (Å²) < 4.78 is 20.5. The third kappa shape index (κ3) is 4.05. The van der Waals surface area contributed by atoms with Crippen molar-refractivity contribution >= 4 is 29.1 Å². The molecule has 4 rings (SSSR count). The number of halogens is 3. The van der Waals surface area contributed by atoms with Gasteiger partial charge in [0, 0.05) is 13.0 Å². The number of amides is 1. The van der Waals surface area contributed by atoms with Crippen molar-refractivity contribution in [2.75, 3.05) is 19.7 Å². The average Bonchev–Trinajstić information content (AvgIpc) is 3.17. The first-order chi connectivity index (χ1) is 14.5. The Morgan fingerprint density at radius 2 is 1.90 bits per heavy atom. The van der Waals surface area contributed by atoms with Gasteiger partial charge >= 0.3 is 0 Å². The van der Waals surface area contributed by atoms with E-state index in [4.69, 9.17) is 27.9 Å². The van der Waals surface area contributed by atoms with Crippen LogP contribution in [-0.4, -0.2) is 45.3 Å². The van der Waals surface area contributed by atoms with Crippen molar-refractivity contribution in [3.05, 3.63) is 75.5 Å². The van der Waals surface area contributed by atoms with E-state index in [9.17, 15) is 9.18 Å². The van der Waals surface area contributed by atoms with E-state index in [-0.39, 0.29) is 23.7 Å². The van der Waals surface area contributed by atoms with E-state index in [1.54, 1.807) is 35.2 Å². The number of morpholine rings is 1. The highest BCUT2D eigenvalue weighted by atomic mass is 35.5. The summed E-state index contributed by atoms with van der Waals surface area (Å²) in [5.74, 6) is 0.0314. The van der Waals surface area contributed by atoms with Crippen molar-refractivity contribution in [3.63, 3.8) is 0 Å². The van der Waals surface area contributed by atoms with Gasteiger partial charge in [0.15, 0.2) is 0 Å². The Morgan fingerprint density at radius 3 is 2.57 bits per heavy atom. The molecule has 9 heteroatoms. The van der Waals surface area contributed by atoms with Crippen LogP contribution in [0.4, 0.5) is 4.39 Å². The first-order valence-corrected chi connectivity index (χ1v) is 10.3. The van der Waals surface area contributed by atoms with Crippen LogP contribution in [-0.2, 0) is 11.2 Å². The number of aryl methyl sites for hydroxylation is 1. The number of ether oxygens (including phenoxy) is 1. The van der Waals surface area contributed by atoms with Crippen LogP contribution < -0.4 is 0 Å². The molecule has 6 nitrogen and oxygen atoms in total. The van der Waals surface area contributed by atoms with Crippen LogP contribution in [0.5, 0.6) is 0 Å². The molecule has 1 fully saturated rings. The van der Waals surface area contributed by atoms with E-state index < -0.39 is 0 Å². The van der Waals surface area contributed by atoms with E-state index in [0.29, 0.717) is 47.7 Å². The van der Waals surface area contributed by atoms with Crippen LogP contribution in [0.15, 0.2) is 42.5 Å². The zero-order valence-corrected chi connectivity index (χ0v) is 17.7. The van der Waals surface area contributed by atoms with Crippen LogP contribution in [0.25, 0.3) is 5.69 Å². The summed E-state index contributed by atoms with van der Waals surface area (Å²) in [6.07, 6.45) is 0.206. The molecule has 2 aromatic carbocycles. The van der Waals surface area contributed by atoms with Crippen molar-refractivity contribution in [2.45, 2.75) is 19.4 Å². The topological polar surface area (TPSA) is 60.3 Å². The van der Waals surface area contributed by atoms with Crippen molar-refractivity contribution in [1.29, 1.82) is 0 Å². The van der Waals surface area contributed by atoms with E-state index in [1.807, 2.05) is 6.92 Å². The van der Waals surface area contributed by atoms with Gasteiger partial charge in [0.05, 0.1) is 23.2 Å². The SMILES string of the molecule is CCc1nc(C(=O)N2CCOC(c3ccc(F)cc3)C2)nn1-c1c(Cl)cccc1Cl. The van der Waals surface area contributed by atoms with Crippen LogP contribution in [0.1, 0.15) is 35.0 Å². The van der Waals surface area contributed by atoms with Crippen molar-refractivity contribution in [2.24, 2.45) is 0 Å². The summed E-state index contributed by atoms with van der Waals surface area (Å²) in [4.78, 5) is 19.2. The third-order valence-corrected chi connectivity index (χ3v) is 5.54. The lowest BCUT2D eigenvalue weighted by atomic mass is 10.1. The van der Waals surface area contributed by atoms with Crippen LogP contribution in [0.2, 0.25) is 10.0 Å². The van der Waals surface area contributed by atoms with Gasteiger partial charge in [0.2, 0.25) is 5.82 Å².